The standard InChI is InChI=1S/C10H12N4O4S/c1-7(6-19(2,17)18)13-10-9(14(15)16)3-8(4-11)5-12-10/h3,5,7H,6H2,1-2H3,(H,12,13). The van der Waals surface area contributed by atoms with E-state index in [-0.39, 0.29) is 22.8 Å². The van der Waals surface area contributed by atoms with E-state index in [4.69, 9.17) is 5.26 Å². The van der Waals surface area contributed by atoms with Crippen LogP contribution in [0, 0.1) is 21.4 Å². The summed E-state index contributed by atoms with van der Waals surface area (Å²) in [7, 11) is -3.20. The smallest absolute Gasteiger partial charge is 0.312 e. The van der Waals surface area contributed by atoms with Crippen molar-refractivity contribution >= 4 is 21.3 Å². The number of nitrogens with zero attached hydrogens (tertiary/aromatic N) is 3. The van der Waals surface area contributed by atoms with E-state index in [9.17, 15) is 18.5 Å². The summed E-state index contributed by atoms with van der Waals surface area (Å²) >= 11 is 0. The average molecular weight is 284 g/mol. The van der Waals surface area contributed by atoms with Crippen LogP contribution in [-0.2, 0) is 9.84 Å². The van der Waals surface area contributed by atoms with E-state index in [1.54, 1.807) is 13.0 Å². The predicted octanol–water partition coefficient (Wildman–Crippen LogP) is 0.706. The number of hydrogen-bond donors (Lipinski definition) is 1. The molecule has 0 spiro atoms. The molecule has 0 bridgehead atoms. The van der Waals surface area contributed by atoms with Crippen molar-refractivity contribution in [1.29, 1.82) is 5.26 Å². The Labute approximate surface area is 110 Å². The number of hydrogen-bond acceptors (Lipinski definition) is 7. The van der Waals surface area contributed by atoms with Gasteiger partial charge in [0.05, 0.1) is 16.2 Å². The van der Waals surface area contributed by atoms with Crippen LogP contribution in [0.2, 0.25) is 0 Å². The van der Waals surface area contributed by atoms with Crippen LogP contribution < -0.4 is 5.32 Å². The van der Waals surface area contributed by atoms with Crippen molar-refractivity contribution in [1.82, 2.24) is 4.98 Å². The fraction of sp³-hybridized carbons (Fsp3) is 0.400. The summed E-state index contributed by atoms with van der Waals surface area (Å²) in [5.41, 5.74) is -0.299. The molecule has 0 saturated heterocycles. The van der Waals surface area contributed by atoms with Gasteiger partial charge < -0.3 is 5.32 Å². The van der Waals surface area contributed by atoms with Crippen LogP contribution in [0.5, 0.6) is 0 Å². The molecule has 1 aromatic heterocycles. The maximum absolute atomic E-state index is 11.1. The monoisotopic (exact) mass is 284 g/mol. The molecule has 0 amide bonds. The minimum absolute atomic E-state index is 0.0554. The van der Waals surface area contributed by atoms with Gasteiger partial charge in [0.15, 0.2) is 0 Å². The zero-order valence-electron chi connectivity index (χ0n) is 10.3. The quantitative estimate of drug-likeness (QED) is 0.623. The van der Waals surface area contributed by atoms with E-state index in [1.165, 1.54) is 6.20 Å². The van der Waals surface area contributed by atoms with E-state index in [0.29, 0.717) is 0 Å². The van der Waals surface area contributed by atoms with Crippen molar-refractivity contribution in [3.05, 3.63) is 27.9 Å². The predicted molar refractivity (Wildman–Crippen MR) is 68.4 cm³/mol. The Morgan fingerprint density at radius 1 is 1.63 bits per heavy atom. The molecule has 1 N–H and O–H groups in total. The Hall–Kier alpha value is -2.21. The van der Waals surface area contributed by atoms with Gasteiger partial charge in [0.1, 0.15) is 15.9 Å². The third-order valence-corrected chi connectivity index (χ3v) is 3.23. The van der Waals surface area contributed by atoms with Gasteiger partial charge in [-0.2, -0.15) is 5.26 Å². The van der Waals surface area contributed by atoms with Crippen molar-refractivity contribution in [2.75, 3.05) is 17.3 Å². The van der Waals surface area contributed by atoms with Gasteiger partial charge in [-0.1, -0.05) is 0 Å². The van der Waals surface area contributed by atoms with E-state index in [2.05, 4.69) is 10.3 Å². The maximum atomic E-state index is 11.1. The summed E-state index contributed by atoms with van der Waals surface area (Å²) in [5.74, 6) is -0.230. The highest BCUT2D eigenvalue weighted by Gasteiger charge is 2.19. The zero-order valence-corrected chi connectivity index (χ0v) is 11.1. The van der Waals surface area contributed by atoms with Crippen LogP contribution in [0.15, 0.2) is 12.3 Å². The largest absolute Gasteiger partial charge is 0.361 e. The van der Waals surface area contributed by atoms with Crippen LogP contribution in [0.4, 0.5) is 11.5 Å². The van der Waals surface area contributed by atoms with Crippen molar-refractivity contribution < 1.29 is 13.3 Å². The van der Waals surface area contributed by atoms with Crippen LogP contribution in [0.25, 0.3) is 0 Å². The molecule has 0 aromatic carbocycles. The van der Waals surface area contributed by atoms with E-state index in [0.717, 1.165) is 12.3 Å². The Morgan fingerprint density at radius 2 is 2.26 bits per heavy atom. The second-order valence-corrected chi connectivity index (χ2v) is 6.28. The van der Waals surface area contributed by atoms with E-state index >= 15 is 0 Å². The lowest BCUT2D eigenvalue weighted by Crippen LogP contribution is -2.25. The van der Waals surface area contributed by atoms with Gasteiger partial charge in [0, 0.05) is 24.6 Å². The second kappa shape index (κ2) is 5.62. The van der Waals surface area contributed by atoms with Crippen LogP contribution >= 0.6 is 0 Å². The summed E-state index contributed by atoms with van der Waals surface area (Å²) < 4.78 is 22.2. The lowest BCUT2D eigenvalue weighted by molar-refractivity contribution is -0.384. The van der Waals surface area contributed by atoms with Crippen LogP contribution in [0.1, 0.15) is 12.5 Å². The van der Waals surface area contributed by atoms with Crippen molar-refractivity contribution in [3.63, 3.8) is 0 Å². The molecule has 1 atom stereocenters. The number of sulfone groups is 1. The number of nitro groups is 1. The first-order valence-corrected chi connectivity index (χ1v) is 7.28. The molecule has 0 fully saturated rings. The molecule has 0 saturated carbocycles. The first-order chi connectivity index (χ1) is 8.73. The van der Waals surface area contributed by atoms with Crippen LogP contribution in [0.3, 0.4) is 0 Å². The Bertz CT molecular complexity index is 635. The minimum atomic E-state index is -3.20. The number of nitriles is 1. The third-order valence-electron chi connectivity index (χ3n) is 2.13. The summed E-state index contributed by atoms with van der Waals surface area (Å²) in [5, 5.41) is 22.2. The molecule has 19 heavy (non-hydrogen) atoms. The number of rotatable bonds is 5. The molecule has 0 aliphatic rings. The van der Waals surface area contributed by atoms with Gasteiger partial charge in [-0.25, -0.2) is 13.4 Å². The molecular formula is C10H12N4O4S. The molecule has 8 nitrogen and oxygen atoms in total. The second-order valence-electron chi connectivity index (χ2n) is 4.10. The van der Waals surface area contributed by atoms with Crippen molar-refractivity contribution in [2.45, 2.75) is 13.0 Å². The summed E-state index contributed by atoms with van der Waals surface area (Å²) in [6.07, 6.45) is 2.26. The molecule has 0 aliphatic heterocycles. The summed E-state index contributed by atoms with van der Waals surface area (Å²) in [4.78, 5) is 13.9. The lowest BCUT2D eigenvalue weighted by Gasteiger charge is -2.13. The molecule has 0 radical (unpaired) electrons. The number of nitrogens with one attached hydrogen (secondary N) is 1. The van der Waals surface area contributed by atoms with E-state index < -0.39 is 20.8 Å². The fourth-order valence-corrected chi connectivity index (χ4v) is 2.49. The molecule has 102 valence electrons. The normalized spacial score (nSPS) is 12.5. The first kappa shape index (κ1) is 14.8. The van der Waals surface area contributed by atoms with Gasteiger partial charge in [-0.15, -0.1) is 0 Å². The van der Waals surface area contributed by atoms with Crippen molar-refractivity contribution in [2.24, 2.45) is 0 Å². The van der Waals surface area contributed by atoms with E-state index in [1.807, 2.05) is 0 Å². The SMILES string of the molecule is CC(CS(C)(=O)=O)Nc1ncc(C#N)cc1[N+](=O)[O-]. The highest BCUT2D eigenvalue weighted by molar-refractivity contribution is 7.90. The number of aromatic nitrogens is 1. The molecule has 1 rings (SSSR count). The third kappa shape index (κ3) is 4.51. The van der Waals surface area contributed by atoms with Gasteiger partial charge >= 0.3 is 5.69 Å². The van der Waals surface area contributed by atoms with Gasteiger partial charge in [-0.05, 0) is 6.92 Å². The van der Waals surface area contributed by atoms with Gasteiger partial charge in [0.2, 0.25) is 5.82 Å². The molecule has 0 aliphatic carbocycles. The Kier molecular flexibility index (Phi) is 4.39. The summed E-state index contributed by atoms with van der Waals surface area (Å²) in [6.45, 7) is 1.57. The topological polar surface area (TPSA) is 126 Å². The van der Waals surface area contributed by atoms with Gasteiger partial charge in [0.25, 0.3) is 0 Å². The molecule has 9 heteroatoms. The Morgan fingerprint density at radius 3 is 2.74 bits per heavy atom. The van der Waals surface area contributed by atoms with Crippen LogP contribution in [-0.4, -0.2) is 36.4 Å². The minimum Gasteiger partial charge on any atom is -0.361 e. The first-order valence-electron chi connectivity index (χ1n) is 5.21. The maximum Gasteiger partial charge on any atom is 0.312 e. The Balaban J connectivity index is 3.01. The number of pyridine rings is 1. The molecule has 1 heterocycles. The highest BCUT2D eigenvalue weighted by atomic mass is 32.2. The van der Waals surface area contributed by atoms with Gasteiger partial charge in [-0.3, -0.25) is 10.1 Å². The summed E-state index contributed by atoms with van der Waals surface area (Å²) in [6, 6.07) is 2.30. The molecular weight excluding hydrogens is 272 g/mol. The van der Waals surface area contributed by atoms with Crippen molar-refractivity contribution in [3.8, 4) is 6.07 Å². The molecule has 1 unspecified atom stereocenters. The molecule has 1 aromatic rings. The fourth-order valence-electron chi connectivity index (χ4n) is 1.49. The lowest BCUT2D eigenvalue weighted by atomic mass is 10.2. The highest BCUT2D eigenvalue weighted by Crippen LogP contribution is 2.23. The average Bonchev–Trinajstić information content (AvgIpc) is 2.26. The number of anilines is 1. The zero-order chi connectivity index (χ0) is 14.6.